The van der Waals surface area contributed by atoms with Gasteiger partial charge in [0.15, 0.2) is 0 Å². The van der Waals surface area contributed by atoms with E-state index in [-0.39, 0.29) is 16.3 Å². The summed E-state index contributed by atoms with van der Waals surface area (Å²) in [7, 11) is 1.75. The lowest BCUT2D eigenvalue weighted by atomic mass is 10.1. The number of anilines is 3. The zero-order chi connectivity index (χ0) is 19.0. The van der Waals surface area contributed by atoms with E-state index in [0.717, 1.165) is 0 Å². The number of nitrogens with two attached hydrogens (primary N) is 1. The average Bonchev–Trinajstić information content (AvgIpc) is 2.83. The van der Waals surface area contributed by atoms with Gasteiger partial charge in [-0.15, -0.1) is 0 Å². The van der Waals surface area contributed by atoms with E-state index in [1.165, 1.54) is 24.3 Å². The second kappa shape index (κ2) is 6.68. The van der Waals surface area contributed by atoms with Crippen molar-refractivity contribution < 1.29 is 14.3 Å². The number of carboxylic acid groups (broad SMARTS) is 1. The number of aromatic carboxylic acids is 1. The van der Waals surface area contributed by atoms with Gasteiger partial charge in [-0.3, -0.25) is 4.68 Å². The average molecular weight is 375 g/mol. The molecule has 0 saturated carbocycles. The van der Waals surface area contributed by atoms with Crippen LogP contribution in [0.3, 0.4) is 0 Å². The fourth-order valence-electron chi connectivity index (χ4n) is 2.75. The van der Waals surface area contributed by atoms with Gasteiger partial charge in [-0.1, -0.05) is 11.6 Å². The van der Waals surface area contributed by atoms with Crippen LogP contribution >= 0.6 is 11.6 Å². The summed E-state index contributed by atoms with van der Waals surface area (Å²) >= 11 is 6.21. The van der Waals surface area contributed by atoms with Gasteiger partial charge in [0.1, 0.15) is 11.6 Å². The maximum Gasteiger partial charge on any atom is 0.335 e. The number of hydrogen-bond donors (Lipinski definition) is 3. The van der Waals surface area contributed by atoms with Gasteiger partial charge in [-0.05, 0) is 43.3 Å². The Labute approximate surface area is 154 Å². The molecule has 26 heavy (non-hydrogen) atoms. The molecule has 0 radical (unpaired) electrons. The number of nitrogens with zero attached hydrogens (tertiary/aromatic N) is 2. The predicted molar refractivity (Wildman–Crippen MR) is 99.4 cm³/mol. The molecule has 1 aromatic heterocycles. The lowest BCUT2D eigenvalue weighted by molar-refractivity contribution is 0.0697. The molecule has 1 heterocycles. The molecule has 0 bridgehead atoms. The predicted octanol–water partition coefficient (Wildman–Crippen LogP) is 4.21. The van der Waals surface area contributed by atoms with Gasteiger partial charge in [0.25, 0.3) is 0 Å². The molecule has 0 aliphatic rings. The Morgan fingerprint density at radius 3 is 2.65 bits per heavy atom. The first kappa shape index (κ1) is 17.8. The summed E-state index contributed by atoms with van der Waals surface area (Å²) < 4.78 is 15.0. The van der Waals surface area contributed by atoms with Gasteiger partial charge >= 0.3 is 5.97 Å². The second-order valence-electron chi connectivity index (χ2n) is 5.79. The number of carboxylic acids is 1. The van der Waals surface area contributed by atoms with E-state index in [4.69, 9.17) is 22.4 Å². The molecule has 6 nitrogen and oxygen atoms in total. The molecule has 0 aliphatic heterocycles. The van der Waals surface area contributed by atoms with Crippen LogP contribution in [0.5, 0.6) is 0 Å². The first-order chi connectivity index (χ1) is 12.3. The molecule has 0 atom stereocenters. The molecule has 8 heteroatoms. The van der Waals surface area contributed by atoms with Gasteiger partial charge in [-0.2, -0.15) is 5.10 Å². The number of nitrogen functional groups attached to an aromatic ring is 1. The highest BCUT2D eigenvalue weighted by Gasteiger charge is 2.19. The highest BCUT2D eigenvalue weighted by molar-refractivity contribution is 6.33. The van der Waals surface area contributed by atoms with E-state index in [1.54, 1.807) is 23.9 Å². The van der Waals surface area contributed by atoms with Gasteiger partial charge in [0.05, 0.1) is 27.7 Å². The first-order valence-corrected chi connectivity index (χ1v) is 8.04. The number of halogens is 2. The number of nitrogens with one attached hydrogen (secondary N) is 1. The molecule has 3 rings (SSSR count). The number of carbonyl (C=O) groups is 1. The Balaban J connectivity index is 2.08. The normalized spacial score (nSPS) is 10.8. The van der Waals surface area contributed by atoms with Crippen LogP contribution in [0, 0.1) is 12.7 Å². The van der Waals surface area contributed by atoms with Crippen molar-refractivity contribution in [2.75, 3.05) is 11.1 Å². The third-order valence-electron chi connectivity index (χ3n) is 3.97. The van der Waals surface area contributed by atoms with Gasteiger partial charge < -0.3 is 16.2 Å². The minimum atomic E-state index is -1.06. The first-order valence-electron chi connectivity index (χ1n) is 7.66. The summed E-state index contributed by atoms with van der Waals surface area (Å²) in [6, 6.07) is 8.56. The molecule has 0 amide bonds. The van der Waals surface area contributed by atoms with E-state index in [1.807, 2.05) is 6.92 Å². The SMILES string of the molecule is Cc1nn(C)c(Nc2ccc(C(=O)O)cc2N)c1-c1ccc(F)cc1Cl. The Kier molecular flexibility index (Phi) is 4.56. The highest BCUT2D eigenvalue weighted by Crippen LogP contribution is 2.38. The second-order valence-corrected chi connectivity index (χ2v) is 6.20. The van der Waals surface area contributed by atoms with Crippen LogP contribution < -0.4 is 11.1 Å². The molecule has 0 fully saturated rings. The van der Waals surface area contributed by atoms with Crippen molar-refractivity contribution in [1.29, 1.82) is 0 Å². The number of aryl methyl sites for hydroxylation is 2. The van der Waals surface area contributed by atoms with Crippen molar-refractivity contribution in [3.05, 3.63) is 58.5 Å². The van der Waals surface area contributed by atoms with E-state index in [2.05, 4.69) is 10.4 Å². The van der Waals surface area contributed by atoms with Crippen LogP contribution in [0.1, 0.15) is 16.1 Å². The summed E-state index contributed by atoms with van der Waals surface area (Å²) in [6.07, 6.45) is 0. The maximum absolute atomic E-state index is 13.4. The lowest BCUT2D eigenvalue weighted by Gasteiger charge is -2.13. The topological polar surface area (TPSA) is 93.2 Å². The fourth-order valence-corrected chi connectivity index (χ4v) is 3.02. The number of rotatable bonds is 4. The van der Waals surface area contributed by atoms with Crippen molar-refractivity contribution in [3.8, 4) is 11.1 Å². The van der Waals surface area contributed by atoms with Gasteiger partial charge in [-0.25, -0.2) is 9.18 Å². The summed E-state index contributed by atoms with van der Waals surface area (Å²) in [5.74, 6) is -0.882. The minimum absolute atomic E-state index is 0.0936. The molecule has 3 aromatic rings. The third-order valence-corrected chi connectivity index (χ3v) is 4.29. The number of benzene rings is 2. The minimum Gasteiger partial charge on any atom is -0.478 e. The van der Waals surface area contributed by atoms with Gasteiger partial charge in [0.2, 0.25) is 0 Å². The summed E-state index contributed by atoms with van der Waals surface area (Å²) in [6.45, 7) is 1.82. The highest BCUT2D eigenvalue weighted by atomic mass is 35.5. The largest absolute Gasteiger partial charge is 0.478 e. The zero-order valence-electron chi connectivity index (χ0n) is 14.0. The molecule has 0 saturated heterocycles. The van der Waals surface area contributed by atoms with E-state index >= 15 is 0 Å². The molecule has 2 aromatic carbocycles. The molecule has 0 unspecified atom stereocenters. The molecule has 0 aliphatic carbocycles. The Bertz CT molecular complexity index is 1020. The monoisotopic (exact) mass is 374 g/mol. The van der Waals surface area contributed by atoms with Crippen LogP contribution in [0.25, 0.3) is 11.1 Å². The van der Waals surface area contributed by atoms with E-state index in [9.17, 15) is 9.18 Å². The Morgan fingerprint density at radius 2 is 2.04 bits per heavy atom. The Hall–Kier alpha value is -3.06. The quantitative estimate of drug-likeness (QED) is 0.595. The van der Waals surface area contributed by atoms with Crippen LogP contribution in [-0.4, -0.2) is 20.9 Å². The number of aromatic nitrogens is 2. The molecular weight excluding hydrogens is 359 g/mol. The summed E-state index contributed by atoms with van der Waals surface area (Å²) in [5, 5.41) is 16.9. The molecular formula is C18H16ClFN4O2. The lowest BCUT2D eigenvalue weighted by Crippen LogP contribution is -2.04. The summed E-state index contributed by atoms with van der Waals surface area (Å²) in [4.78, 5) is 11.0. The Morgan fingerprint density at radius 1 is 1.31 bits per heavy atom. The number of hydrogen-bond acceptors (Lipinski definition) is 4. The summed E-state index contributed by atoms with van der Waals surface area (Å²) in [5.41, 5.74) is 8.90. The van der Waals surface area contributed by atoms with Crippen molar-refractivity contribution in [2.24, 2.45) is 7.05 Å². The van der Waals surface area contributed by atoms with Crippen molar-refractivity contribution in [3.63, 3.8) is 0 Å². The molecule has 0 spiro atoms. The zero-order valence-corrected chi connectivity index (χ0v) is 14.8. The van der Waals surface area contributed by atoms with Gasteiger partial charge in [0, 0.05) is 18.2 Å². The standard InChI is InChI=1S/C18H16ClFN4O2/c1-9-16(12-5-4-11(20)8-13(12)19)17(24(2)23-9)22-15-6-3-10(18(25)26)7-14(15)21/h3-8,22H,21H2,1-2H3,(H,25,26). The van der Waals surface area contributed by atoms with E-state index < -0.39 is 11.8 Å². The van der Waals surface area contributed by atoms with Crippen molar-refractivity contribution in [2.45, 2.75) is 6.92 Å². The molecule has 134 valence electrons. The van der Waals surface area contributed by atoms with Crippen molar-refractivity contribution >= 4 is 34.8 Å². The van der Waals surface area contributed by atoms with Crippen molar-refractivity contribution in [1.82, 2.24) is 9.78 Å². The third kappa shape index (κ3) is 3.21. The fraction of sp³-hybridized carbons (Fsp3) is 0.111. The van der Waals surface area contributed by atoms with E-state index in [0.29, 0.717) is 28.3 Å². The van der Waals surface area contributed by atoms with Crippen LogP contribution in [-0.2, 0) is 7.05 Å². The van der Waals surface area contributed by atoms with Crippen LogP contribution in [0.2, 0.25) is 5.02 Å². The van der Waals surface area contributed by atoms with Crippen LogP contribution in [0.4, 0.5) is 21.6 Å². The smallest absolute Gasteiger partial charge is 0.335 e. The van der Waals surface area contributed by atoms with Crippen LogP contribution in [0.15, 0.2) is 36.4 Å². The molecule has 4 N–H and O–H groups in total. The maximum atomic E-state index is 13.4.